The minimum absolute atomic E-state index is 0.00394. The van der Waals surface area contributed by atoms with Gasteiger partial charge in [-0.1, -0.05) is 0 Å². The van der Waals surface area contributed by atoms with E-state index in [0.29, 0.717) is 11.5 Å². The van der Waals surface area contributed by atoms with E-state index < -0.39 is 0 Å². The van der Waals surface area contributed by atoms with Crippen LogP contribution < -0.4 is 5.73 Å². The van der Waals surface area contributed by atoms with E-state index in [4.69, 9.17) is 5.73 Å². The van der Waals surface area contributed by atoms with Crippen molar-refractivity contribution in [2.75, 3.05) is 13.1 Å². The standard InChI is InChI=1S/C12H26N2/c1-11(2,3)14-8-6-10(7-9-14)12(4,5)13/h10H,6-9,13H2,1-5H3. The number of nitrogens with zero attached hydrogens (tertiary/aromatic N) is 1. The molecule has 1 heterocycles. The van der Waals surface area contributed by atoms with Crippen LogP contribution in [0.2, 0.25) is 0 Å². The Balaban J connectivity index is 2.47. The predicted octanol–water partition coefficient (Wildman–Crippen LogP) is 2.23. The third-order valence-electron chi connectivity index (χ3n) is 3.50. The summed E-state index contributed by atoms with van der Waals surface area (Å²) in [6.07, 6.45) is 2.50. The third kappa shape index (κ3) is 2.96. The maximum atomic E-state index is 6.15. The monoisotopic (exact) mass is 198 g/mol. The molecule has 84 valence electrons. The van der Waals surface area contributed by atoms with Crippen molar-refractivity contribution in [2.45, 2.75) is 58.5 Å². The molecular formula is C12H26N2. The molecule has 14 heavy (non-hydrogen) atoms. The summed E-state index contributed by atoms with van der Waals surface area (Å²) < 4.78 is 0. The van der Waals surface area contributed by atoms with Crippen LogP contribution in [0.4, 0.5) is 0 Å². The highest BCUT2D eigenvalue weighted by atomic mass is 15.2. The van der Waals surface area contributed by atoms with Crippen LogP contribution in [0.15, 0.2) is 0 Å². The topological polar surface area (TPSA) is 29.3 Å². The summed E-state index contributed by atoms with van der Waals surface area (Å²) in [5, 5.41) is 0. The lowest BCUT2D eigenvalue weighted by molar-refractivity contribution is 0.0691. The molecule has 0 aromatic carbocycles. The van der Waals surface area contributed by atoms with E-state index >= 15 is 0 Å². The Morgan fingerprint density at radius 3 is 1.71 bits per heavy atom. The van der Waals surface area contributed by atoms with E-state index in [1.165, 1.54) is 25.9 Å². The van der Waals surface area contributed by atoms with Crippen LogP contribution in [0.1, 0.15) is 47.5 Å². The molecule has 2 N–H and O–H groups in total. The first-order chi connectivity index (χ1) is 6.21. The van der Waals surface area contributed by atoms with Gasteiger partial charge in [-0.2, -0.15) is 0 Å². The van der Waals surface area contributed by atoms with Gasteiger partial charge in [0.25, 0.3) is 0 Å². The maximum absolute atomic E-state index is 6.15. The highest BCUT2D eigenvalue weighted by Gasteiger charge is 2.32. The molecule has 1 aliphatic rings. The summed E-state index contributed by atoms with van der Waals surface area (Å²) in [4.78, 5) is 2.56. The van der Waals surface area contributed by atoms with E-state index in [0.717, 1.165) is 0 Å². The fourth-order valence-corrected chi connectivity index (χ4v) is 2.29. The van der Waals surface area contributed by atoms with Gasteiger partial charge in [0.05, 0.1) is 0 Å². The minimum Gasteiger partial charge on any atom is -0.325 e. The third-order valence-corrected chi connectivity index (χ3v) is 3.50. The van der Waals surface area contributed by atoms with Crippen LogP contribution >= 0.6 is 0 Å². The molecule has 1 saturated heterocycles. The first-order valence-corrected chi connectivity index (χ1v) is 5.75. The van der Waals surface area contributed by atoms with Crippen LogP contribution in [-0.2, 0) is 0 Å². The maximum Gasteiger partial charge on any atom is 0.0126 e. The molecule has 0 aromatic rings. The Hall–Kier alpha value is -0.0800. The first-order valence-electron chi connectivity index (χ1n) is 5.75. The summed E-state index contributed by atoms with van der Waals surface area (Å²) in [6, 6.07) is 0. The van der Waals surface area contributed by atoms with Gasteiger partial charge >= 0.3 is 0 Å². The number of hydrogen-bond acceptors (Lipinski definition) is 2. The summed E-state index contributed by atoms with van der Waals surface area (Å²) >= 11 is 0. The van der Waals surface area contributed by atoms with Gasteiger partial charge in [0.15, 0.2) is 0 Å². The van der Waals surface area contributed by atoms with Crippen molar-refractivity contribution in [2.24, 2.45) is 11.7 Å². The molecule has 0 unspecified atom stereocenters. The molecule has 1 rings (SSSR count). The van der Waals surface area contributed by atoms with Crippen molar-refractivity contribution in [1.29, 1.82) is 0 Å². The number of rotatable bonds is 1. The summed E-state index contributed by atoms with van der Waals surface area (Å²) in [7, 11) is 0. The molecule has 2 nitrogen and oxygen atoms in total. The van der Waals surface area contributed by atoms with Gasteiger partial charge < -0.3 is 5.73 Å². The van der Waals surface area contributed by atoms with Gasteiger partial charge in [-0.05, 0) is 66.5 Å². The van der Waals surface area contributed by atoms with Gasteiger partial charge in [-0.3, -0.25) is 4.90 Å². The lowest BCUT2D eigenvalue weighted by Crippen LogP contribution is -2.51. The van der Waals surface area contributed by atoms with Gasteiger partial charge in [-0.25, -0.2) is 0 Å². The largest absolute Gasteiger partial charge is 0.325 e. The number of hydrogen-bond donors (Lipinski definition) is 1. The van der Waals surface area contributed by atoms with Crippen molar-refractivity contribution >= 4 is 0 Å². The van der Waals surface area contributed by atoms with Crippen LogP contribution in [-0.4, -0.2) is 29.1 Å². The van der Waals surface area contributed by atoms with Gasteiger partial charge in [0, 0.05) is 11.1 Å². The normalized spacial score (nSPS) is 22.7. The quantitative estimate of drug-likeness (QED) is 0.700. The highest BCUT2D eigenvalue weighted by molar-refractivity contribution is 4.89. The van der Waals surface area contributed by atoms with Crippen LogP contribution in [0.25, 0.3) is 0 Å². The van der Waals surface area contributed by atoms with E-state index in [1.54, 1.807) is 0 Å². The van der Waals surface area contributed by atoms with Crippen molar-refractivity contribution < 1.29 is 0 Å². The number of piperidine rings is 1. The molecule has 0 bridgehead atoms. The average Bonchev–Trinajstić information content (AvgIpc) is 2.01. The molecule has 0 amide bonds. The van der Waals surface area contributed by atoms with Crippen molar-refractivity contribution in [3.8, 4) is 0 Å². The van der Waals surface area contributed by atoms with E-state index in [1.807, 2.05) is 0 Å². The number of likely N-dealkylation sites (tertiary alicyclic amines) is 1. The molecule has 2 heteroatoms. The SMILES string of the molecule is CC(C)(N)C1CCN(C(C)(C)C)CC1. The lowest BCUT2D eigenvalue weighted by atomic mass is 9.80. The number of nitrogens with two attached hydrogens (primary N) is 1. The molecular weight excluding hydrogens is 172 g/mol. The second kappa shape index (κ2) is 3.82. The second-order valence-electron chi connectivity index (χ2n) is 6.25. The smallest absolute Gasteiger partial charge is 0.0126 e. The lowest BCUT2D eigenvalue weighted by Gasteiger charge is -2.44. The van der Waals surface area contributed by atoms with Crippen LogP contribution in [0.5, 0.6) is 0 Å². The Bertz CT molecular complexity index is 155. The zero-order chi connectivity index (χ0) is 11.0. The summed E-state index contributed by atoms with van der Waals surface area (Å²) in [5.41, 5.74) is 6.47. The van der Waals surface area contributed by atoms with E-state index in [9.17, 15) is 0 Å². The van der Waals surface area contributed by atoms with E-state index in [-0.39, 0.29) is 5.54 Å². The van der Waals surface area contributed by atoms with Gasteiger partial charge in [-0.15, -0.1) is 0 Å². The average molecular weight is 198 g/mol. The molecule has 0 radical (unpaired) electrons. The molecule has 1 fully saturated rings. The molecule has 1 aliphatic heterocycles. The van der Waals surface area contributed by atoms with Crippen LogP contribution in [0, 0.1) is 5.92 Å². The summed E-state index contributed by atoms with van der Waals surface area (Å²) in [6.45, 7) is 13.6. The molecule has 0 aliphatic carbocycles. The van der Waals surface area contributed by atoms with Crippen LogP contribution in [0.3, 0.4) is 0 Å². The predicted molar refractivity (Wildman–Crippen MR) is 62.3 cm³/mol. The van der Waals surface area contributed by atoms with E-state index in [2.05, 4.69) is 39.5 Å². The van der Waals surface area contributed by atoms with Gasteiger partial charge in [0.2, 0.25) is 0 Å². The Labute approximate surface area is 88.8 Å². The van der Waals surface area contributed by atoms with Crippen molar-refractivity contribution in [3.05, 3.63) is 0 Å². The van der Waals surface area contributed by atoms with Crippen molar-refractivity contribution in [3.63, 3.8) is 0 Å². The fraction of sp³-hybridized carbons (Fsp3) is 1.00. The highest BCUT2D eigenvalue weighted by Crippen LogP contribution is 2.29. The van der Waals surface area contributed by atoms with Gasteiger partial charge in [0.1, 0.15) is 0 Å². The zero-order valence-electron chi connectivity index (χ0n) is 10.4. The Morgan fingerprint density at radius 2 is 1.43 bits per heavy atom. The second-order valence-corrected chi connectivity index (χ2v) is 6.25. The molecule has 0 atom stereocenters. The zero-order valence-corrected chi connectivity index (χ0v) is 10.4. The first kappa shape index (κ1) is 12.0. The Kier molecular flexibility index (Phi) is 3.27. The van der Waals surface area contributed by atoms with Crippen molar-refractivity contribution in [1.82, 2.24) is 4.90 Å². The Morgan fingerprint density at radius 1 is 1.00 bits per heavy atom. The molecule has 0 saturated carbocycles. The molecule has 0 aromatic heterocycles. The minimum atomic E-state index is 0.00394. The molecule has 0 spiro atoms. The summed E-state index contributed by atoms with van der Waals surface area (Å²) in [5.74, 6) is 0.695. The fourth-order valence-electron chi connectivity index (χ4n) is 2.29.